The van der Waals surface area contributed by atoms with Crippen LogP contribution in [0.3, 0.4) is 0 Å². The highest BCUT2D eigenvalue weighted by Crippen LogP contribution is 2.23. The summed E-state index contributed by atoms with van der Waals surface area (Å²) < 4.78 is 45.3. The van der Waals surface area contributed by atoms with Crippen molar-refractivity contribution in [2.24, 2.45) is 0 Å². The van der Waals surface area contributed by atoms with Crippen molar-refractivity contribution < 1.29 is 22.3 Å². The van der Waals surface area contributed by atoms with Crippen molar-refractivity contribution in [3.8, 4) is 0 Å². The molecule has 0 atom stereocenters. The van der Waals surface area contributed by atoms with Gasteiger partial charge in [0.1, 0.15) is 12.4 Å². The van der Waals surface area contributed by atoms with E-state index in [1.807, 2.05) is 0 Å². The Labute approximate surface area is 162 Å². The van der Waals surface area contributed by atoms with Crippen molar-refractivity contribution in [3.05, 3.63) is 59.9 Å². The summed E-state index contributed by atoms with van der Waals surface area (Å²) in [7, 11) is -3.58. The largest absolute Gasteiger partial charge is 0.461 e. The number of nitrogens with zero attached hydrogens (tertiary/aromatic N) is 1. The zero-order valence-corrected chi connectivity index (χ0v) is 16.3. The molecular weight excluding hydrogens is 389 g/mol. The van der Waals surface area contributed by atoms with Gasteiger partial charge in [-0.2, -0.15) is 4.31 Å². The monoisotopic (exact) mass is 409 g/mol. The molecule has 0 aliphatic carbocycles. The van der Waals surface area contributed by atoms with Gasteiger partial charge in [-0.05, 0) is 43.2 Å². The Morgan fingerprint density at radius 2 is 1.85 bits per heavy atom. The molecule has 27 heavy (non-hydrogen) atoms. The van der Waals surface area contributed by atoms with Crippen LogP contribution in [0.4, 0.5) is 4.39 Å². The number of ether oxygens (including phenoxy) is 1. The van der Waals surface area contributed by atoms with Crippen molar-refractivity contribution in [1.82, 2.24) is 4.31 Å². The minimum absolute atomic E-state index is 0.0968. The van der Waals surface area contributed by atoms with E-state index in [0.29, 0.717) is 23.7 Å². The molecule has 2 aromatic carbocycles. The Balaban J connectivity index is 1.58. The van der Waals surface area contributed by atoms with Gasteiger partial charge in [-0.3, -0.25) is 0 Å². The van der Waals surface area contributed by atoms with Crippen LogP contribution in [0, 0.1) is 5.82 Å². The fourth-order valence-corrected chi connectivity index (χ4v) is 5.12. The maximum Gasteiger partial charge on any atom is 0.338 e. The van der Waals surface area contributed by atoms with Gasteiger partial charge in [0.15, 0.2) is 0 Å². The van der Waals surface area contributed by atoms with Crippen LogP contribution >= 0.6 is 11.8 Å². The molecule has 0 N–H and O–H groups in total. The first-order valence-electron chi connectivity index (χ1n) is 8.63. The zero-order valence-electron chi connectivity index (χ0n) is 14.6. The number of rotatable bonds is 7. The average Bonchev–Trinajstić information content (AvgIpc) is 3.22. The molecule has 3 rings (SSSR count). The third-order valence-corrected chi connectivity index (χ3v) is 7.09. The Morgan fingerprint density at radius 3 is 2.59 bits per heavy atom. The van der Waals surface area contributed by atoms with E-state index in [0.717, 1.165) is 12.8 Å². The lowest BCUT2D eigenvalue weighted by atomic mass is 10.2. The highest BCUT2D eigenvalue weighted by Gasteiger charge is 2.27. The molecule has 0 saturated carbocycles. The van der Waals surface area contributed by atoms with E-state index >= 15 is 0 Å². The Hall–Kier alpha value is -1.90. The van der Waals surface area contributed by atoms with Crippen LogP contribution in [-0.2, 0) is 14.8 Å². The van der Waals surface area contributed by atoms with Crippen LogP contribution in [0.1, 0.15) is 23.2 Å². The number of hydrogen-bond donors (Lipinski definition) is 0. The number of carbonyl (C=O) groups excluding carboxylic acids is 1. The van der Waals surface area contributed by atoms with E-state index in [4.69, 9.17) is 4.74 Å². The van der Waals surface area contributed by atoms with E-state index in [2.05, 4.69) is 0 Å². The highest BCUT2D eigenvalue weighted by molar-refractivity contribution is 7.99. The first-order valence-corrected chi connectivity index (χ1v) is 11.1. The number of benzene rings is 2. The van der Waals surface area contributed by atoms with Gasteiger partial charge in [-0.25, -0.2) is 17.6 Å². The summed E-state index contributed by atoms with van der Waals surface area (Å²) in [5.74, 6) is -0.505. The second-order valence-electron chi connectivity index (χ2n) is 6.05. The number of thioether (sulfide) groups is 1. The molecular formula is C19H20FNO4S2. The van der Waals surface area contributed by atoms with Crippen molar-refractivity contribution >= 4 is 27.8 Å². The minimum Gasteiger partial charge on any atom is -0.461 e. The van der Waals surface area contributed by atoms with E-state index < -0.39 is 16.0 Å². The number of hydrogen-bond acceptors (Lipinski definition) is 5. The maximum atomic E-state index is 13.5. The van der Waals surface area contributed by atoms with Crippen LogP contribution in [0.25, 0.3) is 0 Å². The summed E-state index contributed by atoms with van der Waals surface area (Å²) in [4.78, 5) is 12.8. The van der Waals surface area contributed by atoms with Gasteiger partial charge >= 0.3 is 5.97 Å². The summed E-state index contributed by atoms with van der Waals surface area (Å²) in [6.45, 7) is 1.11. The standard InChI is InChI=1S/C19H20FNO4S2/c20-17-8-1-2-9-18(17)26-13-12-25-19(22)15-6-5-7-16(14-15)27(23,24)21-10-3-4-11-21/h1-2,5-9,14H,3-4,10-13H2. The van der Waals surface area contributed by atoms with Gasteiger partial charge in [-0.15, -0.1) is 11.8 Å². The van der Waals surface area contributed by atoms with Gasteiger partial charge in [0.2, 0.25) is 10.0 Å². The van der Waals surface area contributed by atoms with Crippen LogP contribution < -0.4 is 0 Å². The van der Waals surface area contributed by atoms with Crippen molar-refractivity contribution in [1.29, 1.82) is 0 Å². The Morgan fingerprint density at radius 1 is 1.11 bits per heavy atom. The molecule has 0 amide bonds. The zero-order chi connectivity index (χ0) is 19.3. The van der Waals surface area contributed by atoms with Gasteiger partial charge in [0.25, 0.3) is 0 Å². The molecule has 8 heteroatoms. The minimum atomic E-state index is -3.58. The first kappa shape index (κ1) is 19.9. The predicted molar refractivity (Wildman–Crippen MR) is 102 cm³/mol. The van der Waals surface area contributed by atoms with E-state index in [1.165, 1.54) is 46.4 Å². The lowest BCUT2D eigenvalue weighted by molar-refractivity contribution is 0.0530. The summed E-state index contributed by atoms with van der Waals surface area (Å²) in [6, 6.07) is 12.3. The lowest BCUT2D eigenvalue weighted by Gasteiger charge is -2.15. The number of halogens is 1. The maximum absolute atomic E-state index is 13.5. The molecule has 5 nitrogen and oxygen atoms in total. The fourth-order valence-electron chi connectivity index (χ4n) is 2.79. The van der Waals surface area contributed by atoms with Crippen molar-refractivity contribution in [2.45, 2.75) is 22.6 Å². The van der Waals surface area contributed by atoms with Crippen molar-refractivity contribution in [3.63, 3.8) is 0 Å². The summed E-state index contributed by atoms with van der Waals surface area (Å²) in [6.07, 6.45) is 1.70. The molecule has 0 spiro atoms. The highest BCUT2D eigenvalue weighted by atomic mass is 32.2. The van der Waals surface area contributed by atoms with Crippen LogP contribution in [-0.4, -0.2) is 44.1 Å². The van der Waals surface area contributed by atoms with Gasteiger partial charge in [0, 0.05) is 23.7 Å². The summed E-state index contributed by atoms with van der Waals surface area (Å²) in [5.41, 5.74) is 0.186. The SMILES string of the molecule is O=C(OCCSc1ccccc1F)c1cccc(S(=O)(=O)N2CCCC2)c1. The third kappa shape index (κ3) is 4.88. The molecule has 0 aromatic heterocycles. The lowest BCUT2D eigenvalue weighted by Crippen LogP contribution is -2.28. The molecule has 1 fully saturated rings. The summed E-state index contributed by atoms with van der Waals surface area (Å²) in [5, 5.41) is 0. The normalized spacial score (nSPS) is 15.0. The third-order valence-electron chi connectivity index (χ3n) is 4.18. The van der Waals surface area contributed by atoms with Gasteiger partial charge < -0.3 is 4.74 Å². The van der Waals surface area contributed by atoms with Crippen LogP contribution in [0.5, 0.6) is 0 Å². The Bertz CT molecular complexity index is 911. The second-order valence-corrected chi connectivity index (χ2v) is 9.13. The number of esters is 1. The molecule has 2 aromatic rings. The predicted octanol–water partition coefficient (Wildman–Crippen LogP) is 3.56. The molecule has 1 saturated heterocycles. The topological polar surface area (TPSA) is 63.7 Å². The van der Waals surface area contributed by atoms with Gasteiger partial charge in [0.05, 0.1) is 10.5 Å². The average molecular weight is 410 g/mol. The Kier molecular flexibility index (Phi) is 6.51. The fraction of sp³-hybridized carbons (Fsp3) is 0.316. The molecule has 1 heterocycles. The second kappa shape index (κ2) is 8.86. The van der Waals surface area contributed by atoms with Crippen molar-refractivity contribution in [2.75, 3.05) is 25.4 Å². The molecule has 1 aliphatic rings. The van der Waals surface area contributed by atoms with E-state index in [-0.39, 0.29) is 22.9 Å². The van der Waals surface area contributed by atoms with Crippen LogP contribution in [0.15, 0.2) is 58.3 Å². The molecule has 0 bridgehead atoms. The van der Waals surface area contributed by atoms with E-state index in [1.54, 1.807) is 18.2 Å². The first-order chi connectivity index (χ1) is 13.0. The van der Waals surface area contributed by atoms with Crippen LogP contribution in [0.2, 0.25) is 0 Å². The molecule has 0 unspecified atom stereocenters. The quantitative estimate of drug-likeness (QED) is 0.397. The summed E-state index contributed by atoms with van der Waals surface area (Å²) >= 11 is 1.25. The molecule has 144 valence electrons. The molecule has 1 aliphatic heterocycles. The van der Waals surface area contributed by atoms with E-state index in [9.17, 15) is 17.6 Å². The number of carbonyl (C=O) groups is 1. The smallest absolute Gasteiger partial charge is 0.338 e. The van der Waals surface area contributed by atoms with Gasteiger partial charge in [-0.1, -0.05) is 18.2 Å². The number of sulfonamides is 1. The molecule has 0 radical (unpaired) electrons.